The van der Waals surface area contributed by atoms with Crippen molar-refractivity contribution in [2.45, 2.75) is 32.9 Å². The number of amides is 1. The lowest BCUT2D eigenvalue weighted by Crippen LogP contribution is -2.40. The Labute approximate surface area is 153 Å². The first kappa shape index (κ1) is 21.2. The molecule has 1 amide bonds. The van der Waals surface area contributed by atoms with E-state index in [1.54, 1.807) is 22.8 Å². The number of benzene rings is 1. The smallest absolute Gasteiger partial charge is 0.408 e. The van der Waals surface area contributed by atoms with Gasteiger partial charge >= 0.3 is 5.76 Å². The summed E-state index contributed by atoms with van der Waals surface area (Å²) < 4.78 is 6.81. The van der Waals surface area contributed by atoms with E-state index in [1.165, 1.54) is 0 Å². The molecule has 0 aliphatic heterocycles. The van der Waals surface area contributed by atoms with Gasteiger partial charge in [0.2, 0.25) is 5.91 Å². The lowest BCUT2D eigenvalue weighted by atomic mass is 9.99. The van der Waals surface area contributed by atoms with Crippen LogP contribution in [0, 0.1) is 5.92 Å². The van der Waals surface area contributed by atoms with Gasteiger partial charge in [0.25, 0.3) is 0 Å². The first-order chi connectivity index (χ1) is 11.3. The molecule has 1 heterocycles. The summed E-state index contributed by atoms with van der Waals surface area (Å²) in [4.78, 5) is 26.2. The molecule has 2 aromatic rings. The molecule has 0 spiro atoms. The number of carbonyl (C=O) groups excluding carboxylic acids is 1. The number of likely N-dealkylation sites (N-methyl/N-ethyl adjacent to an activating group) is 1. The SMILES string of the molecule is CCC(C)C(N)C(=O)Nc1ccc2oc(=O)n(CCN(C)C)c2c1.Cl. The Kier molecular flexibility index (Phi) is 7.66. The van der Waals surface area contributed by atoms with E-state index >= 15 is 0 Å². The van der Waals surface area contributed by atoms with Crippen LogP contribution in [-0.2, 0) is 11.3 Å². The molecule has 8 heteroatoms. The highest BCUT2D eigenvalue weighted by Gasteiger charge is 2.20. The number of nitrogens with zero attached hydrogens (tertiary/aromatic N) is 2. The quantitative estimate of drug-likeness (QED) is 0.776. The summed E-state index contributed by atoms with van der Waals surface area (Å²) in [5.74, 6) is -0.526. The zero-order valence-corrected chi connectivity index (χ0v) is 15.9. The van der Waals surface area contributed by atoms with Crippen LogP contribution in [0.25, 0.3) is 11.1 Å². The zero-order valence-electron chi connectivity index (χ0n) is 15.1. The van der Waals surface area contributed by atoms with Crippen molar-refractivity contribution >= 4 is 35.1 Å². The van der Waals surface area contributed by atoms with Crippen molar-refractivity contribution in [3.05, 3.63) is 28.7 Å². The van der Waals surface area contributed by atoms with Crippen LogP contribution in [0.2, 0.25) is 0 Å². The Bertz CT molecular complexity index is 769. The van der Waals surface area contributed by atoms with E-state index in [2.05, 4.69) is 5.32 Å². The number of rotatable bonds is 7. The maximum atomic E-state index is 12.2. The van der Waals surface area contributed by atoms with Crippen LogP contribution in [0.4, 0.5) is 5.69 Å². The maximum Gasteiger partial charge on any atom is 0.419 e. The van der Waals surface area contributed by atoms with Gasteiger partial charge in [0, 0.05) is 18.8 Å². The predicted octanol–water partition coefficient (Wildman–Crippen LogP) is 1.89. The molecule has 1 aromatic carbocycles. The van der Waals surface area contributed by atoms with E-state index in [9.17, 15) is 9.59 Å². The monoisotopic (exact) mass is 370 g/mol. The lowest BCUT2D eigenvalue weighted by Gasteiger charge is -2.17. The summed E-state index contributed by atoms with van der Waals surface area (Å²) in [6.07, 6.45) is 0.833. The van der Waals surface area contributed by atoms with E-state index < -0.39 is 11.8 Å². The van der Waals surface area contributed by atoms with Gasteiger partial charge in [-0.3, -0.25) is 9.36 Å². The number of carbonyl (C=O) groups is 1. The van der Waals surface area contributed by atoms with Crippen LogP contribution in [0.3, 0.4) is 0 Å². The third kappa shape index (κ3) is 5.07. The Balaban J connectivity index is 0.00000312. The fourth-order valence-electron chi connectivity index (χ4n) is 2.39. The van der Waals surface area contributed by atoms with Crippen LogP contribution in [0.1, 0.15) is 20.3 Å². The van der Waals surface area contributed by atoms with Gasteiger partial charge in [-0.2, -0.15) is 0 Å². The number of hydrogen-bond donors (Lipinski definition) is 2. The minimum absolute atomic E-state index is 0. The molecule has 0 aliphatic rings. The highest BCUT2D eigenvalue weighted by molar-refractivity contribution is 5.96. The van der Waals surface area contributed by atoms with Crippen LogP contribution >= 0.6 is 12.4 Å². The minimum Gasteiger partial charge on any atom is -0.408 e. The highest BCUT2D eigenvalue weighted by Crippen LogP contribution is 2.19. The number of hydrogen-bond acceptors (Lipinski definition) is 5. The van der Waals surface area contributed by atoms with Gasteiger partial charge in [-0.25, -0.2) is 4.79 Å². The molecule has 0 aliphatic carbocycles. The third-order valence-corrected chi connectivity index (χ3v) is 4.27. The summed E-state index contributed by atoms with van der Waals surface area (Å²) in [7, 11) is 3.88. The third-order valence-electron chi connectivity index (χ3n) is 4.27. The van der Waals surface area contributed by atoms with Crippen LogP contribution < -0.4 is 16.8 Å². The van der Waals surface area contributed by atoms with Crippen molar-refractivity contribution in [1.82, 2.24) is 9.47 Å². The van der Waals surface area contributed by atoms with Crippen LogP contribution in [0.15, 0.2) is 27.4 Å². The molecule has 0 saturated carbocycles. The van der Waals surface area contributed by atoms with Crippen LogP contribution in [0.5, 0.6) is 0 Å². The Hall–Kier alpha value is -1.83. The molecule has 2 unspecified atom stereocenters. The Morgan fingerprint density at radius 2 is 2.08 bits per heavy atom. The lowest BCUT2D eigenvalue weighted by molar-refractivity contribution is -0.118. The van der Waals surface area contributed by atoms with E-state index in [0.29, 0.717) is 29.9 Å². The van der Waals surface area contributed by atoms with Gasteiger partial charge in [-0.15, -0.1) is 12.4 Å². The molecule has 0 fully saturated rings. The number of anilines is 1. The number of oxazole rings is 1. The molecular weight excluding hydrogens is 344 g/mol. The van der Waals surface area contributed by atoms with Crippen molar-refractivity contribution < 1.29 is 9.21 Å². The largest absolute Gasteiger partial charge is 0.419 e. The number of nitrogens with two attached hydrogens (primary N) is 1. The van der Waals surface area contributed by atoms with Gasteiger partial charge in [0.05, 0.1) is 11.6 Å². The van der Waals surface area contributed by atoms with E-state index in [-0.39, 0.29) is 24.2 Å². The first-order valence-electron chi connectivity index (χ1n) is 8.18. The molecule has 0 saturated heterocycles. The number of halogens is 1. The Morgan fingerprint density at radius 3 is 2.68 bits per heavy atom. The highest BCUT2D eigenvalue weighted by atomic mass is 35.5. The molecular formula is C17H27ClN4O3. The van der Waals surface area contributed by atoms with E-state index in [4.69, 9.17) is 10.2 Å². The number of fused-ring (bicyclic) bond motifs is 1. The standard InChI is InChI=1S/C17H26N4O3.ClH/c1-5-11(2)15(18)16(22)19-12-6-7-14-13(10-12)21(17(23)24-14)9-8-20(3)4;/h6-7,10-11,15H,5,8-9,18H2,1-4H3,(H,19,22);1H. The fraction of sp³-hybridized carbons (Fsp3) is 0.529. The van der Waals surface area contributed by atoms with Crippen molar-refractivity contribution in [2.24, 2.45) is 11.7 Å². The molecule has 0 bridgehead atoms. The topological polar surface area (TPSA) is 93.5 Å². The van der Waals surface area contributed by atoms with Gasteiger partial charge < -0.3 is 20.4 Å². The van der Waals surface area contributed by atoms with Gasteiger partial charge in [-0.05, 0) is 38.2 Å². The van der Waals surface area contributed by atoms with Crippen LogP contribution in [-0.4, -0.2) is 42.1 Å². The molecule has 7 nitrogen and oxygen atoms in total. The van der Waals surface area contributed by atoms with Crippen molar-refractivity contribution in [2.75, 3.05) is 26.0 Å². The number of aromatic nitrogens is 1. The second kappa shape index (κ2) is 9.03. The molecule has 25 heavy (non-hydrogen) atoms. The molecule has 2 rings (SSSR count). The van der Waals surface area contributed by atoms with Crippen molar-refractivity contribution in [3.8, 4) is 0 Å². The second-order valence-electron chi connectivity index (χ2n) is 6.41. The van der Waals surface area contributed by atoms with Gasteiger partial charge in [-0.1, -0.05) is 20.3 Å². The van der Waals surface area contributed by atoms with E-state index in [0.717, 1.165) is 6.42 Å². The average Bonchev–Trinajstić information content (AvgIpc) is 2.86. The minimum atomic E-state index is -0.564. The summed E-state index contributed by atoms with van der Waals surface area (Å²) in [5, 5.41) is 2.82. The molecule has 2 atom stereocenters. The molecule has 3 N–H and O–H groups in total. The Morgan fingerprint density at radius 1 is 1.40 bits per heavy atom. The van der Waals surface area contributed by atoms with Gasteiger partial charge in [0.1, 0.15) is 0 Å². The fourth-order valence-corrected chi connectivity index (χ4v) is 2.39. The van der Waals surface area contributed by atoms with Crippen molar-refractivity contribution in [1.29, 1.82) is 0 Å². The average molecular weight is 371 g/mol. The molecule has 0 radical (unpaired) electrons. The second-order valence-corrected chi connectivity index (χ2v) is 6.41. The summed E-state index contributed by atoms with van der Waals surface area (Å²) in [6, 6.07) is 4.58. The first-order valence-corrected chi connectivity index (χ1v) is 8.18. The van der Waals surface area contributed by atoms with E-state index in [1.807, 2.05) is 32.8 Å². The maximum absolute atomic E-state index is 12.2. The normalized spacial score (nSPS) is 13.5. The zero-order chi connectivity index (χ0) is 17.9. The predicted molar refractivity (Wildman–Crippen MR) is 102 cm³/mol. The molecule has 1 aromatic heterocycles. The molecule has 140 valence electrons. The van der Waals surface area contributed by atoms with Gasteiger partial charge in [0.15, 0.2) is 5.58 Å². The van der Waals surface area contributed by atoms with Crippen molar-refractivity contribution in [3.63, 3.8) is 0 Å². The number of nitrogens with one attached hydrogen (secondary N) is 1. The summed E-state index contributed by atoms with van der Waals surface area (Å²) in [6.45, 7) is 5.17. The summed E-state index contributed by atoms with van der Waals surface area (Å²) in [5.41, 5.74) is 7.72. The summed E-state index contributed by atoms with van der Waals surface area (Å²) >= 11 is 0.